The number of aryl methyl sites for hydroxylation is 1. The fraction of sp³-hybridized carbons (Fsp3) is 0.417. The number of rotatable bonds is 2. The summed E-state index contributed by atoms with van der Waals surface area (Å²) in [5.41, 5.74) is 1.53. The molecule has 0 unspecified atom stereocenters. The van der Waals surface area contributed by atoms with Crippen molar-refractivity contribution in [3.05, 3.63) is 28.8 Å². The van der Waals surface area contributed by atoms with Crippen LogP contribution in [0.4, 0.5) is 5.69 Å². The van der Waals surface area contributed by atoms with E-state index in [0.29, 0.717) is 17.1 Å². The van der Waals surface area contributed by atoms with Gasteiger partial charge in [0.05, 0.1) is 17.4 Å². The molecule has 2 rings (SSSR count). The third-order valence-electron chi connectivity index (χ3n) is 3.06. The maximum atomic E-state index is 11.9. The van der Waals surface area contributed by atoms with Crippen molar-refractivity contribution in [3.8, 4) is 0 Å². The average molecular weight is 288 g/mol. The molecule has 0 bridgehead atoms. The lowest BCUT2D eigenvalue weighted by Crippen LogP contribution is -2.24. The molecule has 1 fully saturated rings. The predicted octanol–water partition coefficient (Wildman–Crippen LogP) is 2.02. The van der Waals surface area contributed by atoms with E-state index >= 15 is 0 Å². The zero-order chi connectivity index (χ0) is 13.3. The van der Waals surface area contributed by atoms with Crippen LogP contribution >= 0.6 is 11.6 Å². The van der Waals surface area contributed by atoms with Crippen LogP contribution in [0.15, 0.2) is 18.2 Å². The van der Waals surface area contributed by atoms with E-state index in [2.05, 4.69) is 5.32 Å². The third-order valence-corrected chi connectivity index (χ3v) is 5.06. The Bertz CT molecular complexity index is 583. The molecular formula is C12H14ClNO3S. The third kappa shape index (κ3) is 3.03. The quantitative estimate of drug-likeness (QED) is 0.905. The van der Waals surface area contributed by atoms with Gasteiger partial charge in [-0.2, -0.15) is 0 Å². The Morgan fingerprint density at radius 1 is 1.44 bits per heavy atom. The van der Waals surface area contributed by atoms with Crippen LogP contribution in [0.1, 0.15) is 12.0 Å². The van der Waals surface area contributed by atoms with Gasteiger partial charge in [-0.3, -0.25) is 4.79 Å². The number of carbonyl (C=O) groups is 1. The van der Waals surface area contributed by atoms with E-state index in [1.165, 1.54) is 0 Å². The van der Waals surface area contributed by atoms with Gasteiger partial charge in [0.2, 0.25) is 5.91 Å². The fourth-order valence-corrected chi connectivity index (χ4v) is 3.88. The highest BCUT2D eigenvalue weighted by Gasteiger charge is 2.33. The number of nitrogens with one attached hydrogen (secondary N) is 1. The minimum atomic E-state index is -3.04. The summed E-state index contributed by atoms with van der Waals surface area (Å²) in [4.78, 5) is 11.9. The van der Waals surface area contributed by atoms with Gasteiger partial charge >= 0.3 is 0 Å². The Labute approximate surface area is 111 Å². The summed E-state index contributed by atoms with van der Waals surface area (Å²) in [6.07, 6.45) is 0.397. The van der Waals surface area contributed by atoms with Gasteiger partial charge in [-0.05, 0) is 31.0 Å². The molecule has 0 aromatic heterocycles. The molecule has 1 aromatic rings. The first-order valence-corrected chi connectivity index (χ1v) is 7.85. The van der Waals surface area contributed by atoms with Crippen LogP contribution in [0, 0.1) is 12.8 Å². The highest BCUT2D eigenvalue weighted by molar-refractivity contribution is 7.91. The molecule has 1 aliphatic rings. The smallest absolute Gasteiger partial charge is 0.228 e. The Hall–Kier alpha value is -1.07. The first-order chi connectivity index (χ1) is 8.37. The van der Waals surface area contributed by atoms with Crippen LogP contribution in [-0.2, 0) is 14.6 Å². The number of anilines is 1. The Balaban J connectivity index is 2.10. The maximum Gasteiger partial charge on any atom is 0.228 e. The van der Waals surface area contributed by atoms with Gasteiger partial charge in [-0.1, -0.05) is 17.7 Å². The topological polar surface area (TPSA) is 63.2 Å². The van der Waals surface area contributed by atoms with Gasteiger partial charge in [0.25, 0.3) is 0 Å². The second kappa shape index (κ2) is 4.90. The summed E-state index contributed by atoms with van der Waals surface area (Å²) in [6, 6.07) is 5.22. The SMILES string of the molecule is Cc1ccc(Cl)cc1NC(=O)[C@@H]1CCS(=O)(=O)C1. The lowest BCUT2D eigenvalue weighted by molar-refractivity contribution is -0.119. The van der Waals surface area contributed by atoms with E-state index in [1.807, 2.05) is 13.0 Å². The molecule has 1 amide bonds. The molecule has 98 valence electrons. The highest BCUT2D eigenvalue weighted by atomic mass is 35.5. The van der Waals surface area contributed by atoms with Crippen molar-refractivity contribution in [1.29, 1.82) is 0 Å². The lowest BCUT2D eigenvalue weighted by Gasteiger charge is -2.11. The molecule has 0 radical (unpaired) electrons. The van der Waals surface area contributed by atoms with E-state index in [1.54, 1.807) is 12.1 Å². The molecule has 4 nitrogen and oxygen atoms in total. The molecule has 0 aliphatic carbocycles. The summed E-state index contributed by atoms with van der Waals surface area (Å²) < 4.78 is 22.6. The largest absolute Gasteiger partial charge is 0.326 e. The highest BCUT2D eigenvalue weighted by Crippen LogP contribution is 2.24. The number of carbonyl (C=O) groups excluding carboxylic acids is 1. The van der Waals surface area contributed by atoms with Crippen molar-refractivity contribution in [3.63, 3.8) is 0 Å². The number of hydrogen-bond donors (Lipinski definition) is 1. The van der Waals surface area contributed by atoms with Crippen LogP contribution in [0.25, 0.3) is 0 Å². The zero-order valence-corrected chi connectivity index (χ0v) is 11.5. The molecular weight excluding hydrogens is 274 g/mol. The molecule has 1 saturated heterocycles. The number of halogens is 1. The maximum absolute atomic E-state index is 11.9. The Kier molecular flexibility index (Phi) is 3.64. The molecule has 1 aromatic carbocycles. The first-order valence-electron chi connectivity index (χ1n) is 5.65. The second-order valence-corrected chi connectivity index (χ2v) is 7.21. The molecule has 0 spiro atoms. The van der Waals surface area contributed by atoms with Gasteiger partial charge in [0.1, 0.15) is 0 Å². The Morgan fingerprint density at radius 2 is 2.17 bits per heavy atom. The molecule has 1 atom stereocenters. The van der Waals surface area contributed by atoms with Gasteiger partial charge in [-0.25, -0.2) is 8.42 Å². The monoisotopic (exact) mass is 287 g/mol. The molecule has 0 saturated carbocycles. The first kappa shape index (κ1) is 13.4. The summed E-state index contributed by atoms with van der Waals surface area (Å²) in [7, 11) is -3.04. The molecule has 18 heavy (non-hydrogen) atoms. The van der Waals surface area contributed by atoms with Crippen molar-refractivity contribution >= 4 is 33.0 Å². The summed E-state index contributed by atoms with van der Waals surface area (Å²) in [5, 5.41) is 3.28. The molecule has 1 N–H and O–H groups in total. The van der Waals surface area contributed by atoms with Gasteiger partial charge in [0, 0.05) is 10.7 Å². The van der Waals surface area contributed by atoms with Crippen molar-refractivity contribution in [1.82, 2.24) is 0 Å². The molecule has 1 heterocycles. The van der Waals surface area contributed by atoms with E-state index in [0.717, 1.165) is 5.56 Å². The van der Waals surface area contributed by atoms with Crippen molar-refractivity contribution < 1.29 is 13.2 Å². The normalized spacial score (nSPS) is 21.8. The number of benzene rings is 1. The fourth-order valence-electron chi connectivity index (χ4n) is 1.97. The number of hydrogen-bond acceptors (Lipinski definition) is 3. The zero-order valence-electron chi connectivity index (χ0n) is 9.94. The average Bonchev–Trinajstić information content (AvgIpc) is 2.64. The van der Waals surface area contributed by atoms with Gasteiger partial charge in [0.15, 0.2) is 9.84 Å². The minimum absolute atomic E-state index is 0.0571. The van der Waals surface area contributed by atoms with Crippen LogP contribution in [0.5, 0.6) is 0 Å². The van der Waals surface area contributed by atoms with Gasteiger partial charge in [-0.15, -0.1) is 0 Å². The van der Waals surface area contributed by atoms with Crippen molar-refractivity contribution in [2.75, 3.05) is 16.8 Å². The van der Waals surface area contributed by atoms with Crippen molar-refractivity contribution in [2.45, 2.75) is 13.3 Å². The predicted molar refractivity (Wildman–Crippen MR) is 71.6 cm³/mol. The minimum Gasteiger partial charge on any atom is -0.326 e. The standard InChI is InChI=1S/C12H14ClNO3S/c1-8-2-3-10(13)6-11(8)14-12(15)9-4-5-18(16,17)7-9/h2-3,6,9H,4-5,7H2,1H3,(H,14,15)/t9-/m1/s1. The van der Waals surface area contributed by atoms with Crippen LogP contribution in [0.3, 0.4) is 0 Å². The van der Waals surface area contributed by atoms with E-state index in [-0.39, 0.29) is 17.4 Å². The summed E-state index contributed by atoms with van der Waals surface area (Å²) in [6.45, 7) is 1.86. The summed E-state index contributed by atoms with van der Waals surface area (Å²) >= 11 is 5.86. The van der Waals surface area contributed by atoms with E-state index in [4.69, 9.17) is 11.6 Å². The van der Waals surface area contributed by atoms with Crippen LogP contribution < -0.4 is 5.32 Å². The lowest BCUT2D eigenvalue weighted by atomic mass is 10.1. The van der Waals surface area contributed by atoms with E-state index in [9.17, 15) is 13.2 Å². The number of amides is 1. The van der Waals surface area contributed by atoms with Crippen LogP contribution in [-0.4, -0.2) is 25.8 Å². The molecule has 1 aliphatic heterocycles. The Morgan fingerprint density at radius 3 is 2.78 bits per heavy atom. The van der Waals surface area contributed by atoms with Crippen LogP contribution in [0.2, 0.25) is 5.02 Å². The van der Waals surface area contributed by atoms with Gasteiger partial charge < -0.3 is 5.32 Å². The van der Waals surface area contributed by atoms with Crippen molar-refractivity contribution in [2.24, 2.45) is 5.92 Å². The second-order valence-electron chi connectivity index (χ2n) is 4.55. The molecule has 6 heteroatoms. The number of sulfone groups is 1. The van der Waals surface area contributed by atoms with E-state index < -0.39 is 15.8 Å². The summed E-state index contributed by atoms with van der Waals surface area (Å²) in [5.74, 6) is -0.659.